The zero-order valence-corrected chi connectivity index (χ0v) is 20.5. The van der Waals surface area contributed by atoms with E-state index in [0.29, 0.717) is 63.7 Å². The number of esters is 1. The van der Waals surface area contributed by atoms with Gasteiger partial charge in [0.05, 0.1) is 22.8 Å². The minimum Gasteiger partial charge on any atom is -0.466 e. The van der Waals surface area contributed by atoms with Crippen LogP contribution in [0.15, 0.2) is 28.3 Å². The predicted octanol–water partition coefficient (Wildman–Crippen LogP) is 1.30. The van der Waals surface area contributed by atoms with Gasteiger partial charge in [-0.2, -0.15) is 4.31 Å². The van der Waals surface area contributed by atoms with Crippen molar-refractivity contribution < 1.29 is 22.7 Å². The summed E-state index contributed by atoms with van der Waals surface area (Å²) in [6.45, 7) is 7.38. The third-order valence-electron chi connectivity index (χ3n) is 5.88. The van der Waals surface area contributed by atoms with Crippen LogP contribution in [0.3, 0.4) is 0 Å². The number of hydrogen-bond acceptors (Lipinski definition) is 8. The lowest BCUT2D eigenvalue weighted by molar-refractivity contribution is -0.151. The number of aromatic nitrogens is 1. The lowest BCUT2D eigenvalue weighted by atomic mass is 9.97. The minimum atomic E-state index is -3.56. The normalized spacial score (nSPS) is 20.2. The van der Waals surface area contributed by atoms with Crippen LogP contribution >= 0.6 is 11.8 Å². The van der Waals surface area contributed by atoms with E-state index in [1.165, 1.54) is 22.3 Å². The first kappa shape index (κ1) is 24.9. The molecule has 0 aliphatic carbocycles. The lowest BCUT2D eigenvalue weighted by Gasteiger charge is -2.32. The third-order valence-corrected chi connectivity index (χ3v) is 8.80. The summed E-state index contributed by atoms with van der Waals surface area (Å²) in [4.78, 5) is 33.0. The fourth-order valence-electron chi connectivity index (χ4n) is 3.85. The van der Waals surface area contributed by atoms with Gasteiger partial charge in [-0.05, 0) is 45.9 Å². The molecule has 0 N–H and O–H groups in total. The number of nitrogens with zero attached hydrogens (tertiary/aromatic N) is 4. The number of likely N-dealkylation sites (N-methyl/N-ethyl adjacent to an activating group) is 1. The summed E-state index contributed by atoms with van der Waals surface area (Å²) >= 11 is 1.31. The maximum Gasteiger partial charge on any atom is 0.309 e. The smallest absolute Gasteiger partial charge is 0.309 e. The standard InChI is InChI=1S/C21H32N4O5S2/c1-4-30-21(27)17-7-9-24(10-8-17)20(26)16(2)31-19-6-5-18(15-22-19)32(28,29)25-13-11-23(3)12-14-25/h5-6,15-17H,4,7-14H2,1-3H3. The highest BCUT2D eigenvalue weighted by atomic mass is 32.2. The van der Waals surface area contributed by atoms with Crippen LogP contribution in [0.1, 0.15) is 26.7 Å². The number of rotatable bonds is 7. The Kier molecular flexibility index (Phi) is 8.54. The summed E-state index contributed by atoms with van der Waals surface area (Å²) in [6.07, 6.45) is 2.59. The van der Waals surface area contributed by atoms with Crippen molar-refractivity contribution in [2.75, 3.05) is 52.9 Å². The van der Waals surface area contributed by atoms with E-state index >= 15 is 0 Å². The number of sulfonamides is 1. The number of ether oxygens (including phenoxy) is 1. The van der Waals surface area contributed by atoms with Gasteiger partial charge in [0.15, 0.2) is 0 Å². The maximum absolute atomic E-state index is 12.8. The fourth-order valence-corrected chi connectivity index (χ4v) is 6.09. The molecular weight excluding hydrogens is 452 g/mol. The molecule has 2 aliphatic heterocycles. The van der Waals surface area contributed by atoms with Gasteiger partial charge in [-0.15, -0.1) is 0 Å². The van der Waals surface area contributed by atoms with Crippen molar-refractivity contribution in [3.05, 3.63) is 18.3 Å². The van der Waals surface area contributed by atoms with Gasteiger partial charge in [0, 0.05) is 45.5 Å². The van der Waals surface area contributed by atoms with Crippen LogP contribution in [0, 0.1) is 5.92 Å². The SMILES string of the molecule is CCOC(=O)C1CCN(C(=O)C(C)Sc2ccc(S(=O)(=O)N3CCN(C)CC3)cn2)CC1. The molecule has 3 heterocycles. The molecule has 178 valence electrons. The van der Waals surface area contributed by atoms with Gasteiger partial charge in [-0.3, -0.25) is 9.59 Å². The molecule has 3 rings (SSSR count). The van der Waals surface area contributed by atoms with Crippen LogP contribution in [0.2, 0.25) is 0 Å². The highest BCUT2D eigenvalue weighted by Crippen LogP contribution is 2.27. The molecule has 2 saturated heterocycles. The van der Waals surface area contributed by atoms with Crippen LogP contribution in [-0.4, -0.2) is 97.6 Å². The highest BCUT2D eigenvalue weighted by molar-refractivity contribution is 8.00. The Labute approximate surface area is 194 Å². The Bertz CT molecular complexity index is 893. The van der Waals surface area contributed by atoms with E-state index in [-0.39, 0.29) is 27.9 Å². The van der Waals surface area contributed by atoms with E-state index in [9.17, 15) is 18.0 Å². The molecule has 11 heteroatoms. The number of pyridine rings is 1. The van der Waals surface area contributed by atoms with Gasteiger partial charge in [0.25, 0.3) is 0 Å². The molecule has 1 atom stereocenters. The average Bonchev–Trinajstić information content (AvgIpc) is 2.79. The lowest BCUT2D eigenvalue weighted by Crippen LogP contribution is -2.47. The van der Waals surface area contributed by atoms with E-state index in [2.05, 4.69) is 9.88 Å². The molecule has 9 nitrogen and oxygen atoms in total. The highest BCUT2D eigenvalue weighted by Gasteiger charge is 2.31. The molecule has 1 aromatic rings. The van der Waals surface area contributed by atoms with E-state index in [1.54, 1.807) is 24.0 Å². The van der Waals surface area contributed by atoms with E-state index in [4.69, 9.17) is 4.74 Å². The van der Waals surface area contributed by atoms with E-state index in [1.807, 2.05) is 14.0 Å². The Hall–Kier alpha value is -1.69. The average molecular weight is 485 g/mol. The molecule has 32 heavy (non-hydrogen) atoms. The molecule has 1 amide bonds. The first-order valence-corrected chi connectivity index (χ1v) is 13.3. The predicted molar refractivity (Wildman–Crippen MR) is 122 cm³/mol. The second kappa shape index (κ2) is 11.0. The Morgan fingerprint density at radius 1 is 1.16 bits per heavy atom. The topological polar surface area (TPSA) is 100 Å². The van der Waals surface area contributed by atoms with Crippen LogP contribution in [0.4, 0.5) is 0 Å². The van der Waals surface area contributed by atoms with Crippen molar-refractivity contribution in [3.8, 4) is 0 Å². The minimum absolute atomic E-state index is 0.00626. The Morgan fingerprint density at radius 3 is 2.38 bits per heavy atom. The largest absolute Gasteiger partial charge is 0.466 e. The zero-order chi connectivity index (χ0) is 23.3. The van der Waals surface area contributed by atoms with Crippen molar-refractivity contribution in [1.82, 2.24) is 19.1 Å². The van der Waals surface area contributed by atoms with Crippen molar-refractivity contribution in [2.45, 2.75) is 41.9 Å². The van der Waals surface area contributed by atoms with Crippen LogP contribution < -0.4 is 0 Å². The van der Waals surface area contributed by atoms with Gasteiger partial charge in [-0.1, -0.05) is 11.8 Å². The molecule has 1 aromatic heterocycles. The monoisotopic (exact) mass is 484 g/mol. The van der Waals surface area contributed by atoms with Crippen molar-refractivity contribution in [2.24, 2.45) is 5.92 Å². The number of piperazine rings is 1. The molecule has 2 aliphatic rings. The zero-order valence-electron chi connectivity index (χ0n) is 18.9. The van der Waals surface area contributed by atoms with Crippen molar-refractivity contribution in [3.63, 3.8) is 0 Å². The summed E-state index contributed by atoms with van der Waals surface area (Å²) < 4.78 is 32.2. The molecule has 0 bridgehead atoms. The molecule has 0 saturated carbocycles. The van der Waals surface area contributed by atoms with Crippen molar-refractivity contribution >= 4 is 33.7 Å². The molecule has 2 fully saturated rings. The van der Waals surface area contributed by atoms with E-state index < -0.39 is 10.0 Å². The quantitative estimate of drug-likeness (QED) is 0.422. The number of carbonyl (C=O) groups excluding carboxylic acids is 2. The van der Waals surface area contributed by atoms with Gasteiger partial charge in [-0.25, -0.2) is 13.4 Å². The maximum atomic E-state index is 12.8. The number of amides is 1. The first-order valence-electron chi connectivity index (χ1n) is 11.0. The summed E-state index contributed by atoms with van der Waals surface area (Å²) in [5.41, 5.74) is 0. The second-order valence-electron chi connectivity index (χ2n) is 8.15. The number of piperidine rings is 1. The van der Waals surface area contributed by atoms with Crippen LogP contribution in [-0.2, 0) is 24.3 Å². The summed E-state index contributed by atoms with van der Waals surface area (Å²) in [7, 11) is -1.58. The summed E-state index contributed by atoms with van der Waals surface area (Å²) in [5, 5.41) is 0.242. The van der Waals surface area contributed by atoms with Gasteiger partial charge >= 0.3 is 5.97 Å². The number of hydrogen-bond donors (Lipinski definition) is 0. The third kappa shape index (κ3) is 6.00. The van der Waals surface area contributed by atoms with Gasteiger partial charge in [0.1, 0.15) is 4.90 Å². The molecule has 1 unspecified atom stereocenters. The molecule has 0 spiro atoms. The van der Waals surface area contributed by atoms with Gasteiger partial charge < -0.3 is 14.5 Å². The Balaban J connectivity index is 1.54. The summed E-state index contributed by atoms with van der Waals surface area (Å²) in [5.74, 6) is -0.329. The van der Waals surface area contributed by atoms with Crippen molar-refractivity contribution in [1.29, 1.82) is 0 Å². The van der Waals surface area contributed by atoms with Gasteiger partial charge in [0.2, 0.25) is 15.9 Å². The number of carbonyl (C=O) groups is 2. The molecule has 0 radical (unpaired) electrons. The molecular formula is C21H32N4O5S2. The van der Waals surface area contributed by atoms with Crippen LogP contribution in [0.5, 0.6) is 0 Å². The van der Waals surface area contributed by atoms with E-state index in [0.717, 1.165) is 0 Å². The van der Waals surface area contributed by atoms with Crippen LogP contribution in [0.25, 0.3) is 0 Å². The molecule has 0 aromatic carbocycles. The first-order chi connectivity index (χ1) is 15.2. The number of likely N-dealkylation sites (tertiary alicyclic amines) is 1. The Morgan fingerprint density at radius 2 is 1.81 bits per heavy atom. The summed E-state index contributed by atoms with van der Waals surface area (Å²) in [6, 6.07) is 3.22. The second-order valence-corrected chi connectivity index (χ2v) is 11.5. The fraction of sp³-hybridized carbons (Fsp3) is 0.667. The number of thioether (sulfide) groups is 1.